The minimum atomic E-state index is 0.127. The fourth-order valence-electron chi connectivity index (χ4n) is 1.70. The Kier molecular flexibility index (Phi) is 3.20. The quantitative estimate of drug-likeness (QED) is 0.707. The van der Waals surface area contributed by atoms with Crippen LogP contribution in [0.1, 0.15) is 18.4 Å². The van der Waals surface area contributed by atoms with Gasteiger partial charge in [0.1, 0.15) is 5.75 Å². The first kappa shape index (κ1) is 10.7. The van der Waals surface area contributed by atoms with Crippen LogP contribution in [-0.2, 0) is 4.79 Å². The molecule has 0 heterocycles. The molecular formula is C14H14O2. The van der Waals surface area contributed by atoms with Crippen molar-refractivity contribution in [3.05, 3.63) is 47.6 Å². The van der Waals surface area contributed by atoms with Crippen LogP contribution >= 0.6 is 0 Å². The van der Waals surface area contributed by atoms with E-state index in [0.717, 1.165) is 29.7 Å². The van der Waals surface area contributed by atoms with Crippen LogP contribution in [-0.4, -0.2) is 12.9 Å². The van der Waals surface area contributed by atoms with Crippen molar-refractivity contribution >= 4 is 11.9 Å². The van der Waals surface area contributed by atoms with Crippen LogP contribution in [0.4, 0.5) is 0 Å². The van der Waals surface area contributed by atoms with Crippen molar-refractivity contribution in [2.24, 2.45) is 0 Å². The Morgan fingerprint density at radius 2 is 2.00 bits per heavy atom. The van der Waals surface area contributed by atoms with Gasteiger partial charge in [0, 0.05) is 5.57 Å². The van der Waals surface area contributed by atoms with Gasteiger partial charge in [-0.05, 0) is 42.7 Å². The van der Waals surface area contributed by atoms with Gasteiger partial charge in [0.2, 0.25) is 0 Å². The number of carbonyl (C=O) groups is 1. The fourth-order valence-corrected chi connectivity index (χ4v) is 1.70. The normalized spacial score (nSPS) is 17.8. The topological polar surface area (TPSA) is 26.3 Å². The predicted octanol–water partition coefficient (Wildman–Crippen LogP) is 3.00. The molecule has 2 rings (SSSR count). The molecule has 0 fully saturated rings. The summed E-state index contributed by atoms with van der Waals surface area (Å²) in [5, 5.41) is 0. The molecule has 0 bridgehead atoms. The lowest BCUT2D eigenvalue weighted by Crippen LogP contribution is -2.02. The van der Waals surface area contributed by atoms with Crippen LogP contribution in [0.2, 0.25) is 0 Å². The number of allylic oxidation sites excluding steroid dienone is 3. The summed E-state index contributed by atoms with van der Waals surface area (Å²) in [6, 6.07) is 7.71. The number of ether oxygens (including phenoxy) is 1. The third kappa shape index (κ3) is 2.40. The van der Waals surface area contributed by atoms with E-state index in [2.05, 4.69) is 0 Å². The molecule has 1 aliphatic rings. The predicted molar refractivity (Wildman–Crippen MR) is 64.4 cm³/mol. The van der Waals surface area contributed by atoms with Gasteiger partial charge in [0.15, 0.2) is 5.78 Å². The van der Waals surface area contributed by atoms with Gasteiger partial charge < -0.3 is 4.74 Å². The summed E-state index contributed by atoms with van der Waals surface area (Å²) < 4.78 is 5.08. The summed E-state index contributed by atoms with van der Waals surface area (Å²) in [4.78, 5) is 11.5. The first-order chi connectivity index (χ1) is 7.79. The highest BCUT2D eigenvalue weighted by molar-refractivity contribution is 6.07. The summed E-state index contributed by atoms with van der Waals surface area (Å²) in [7, 11) is 1.64. The number of carbonyl (C=O) groups excluding carboxylic acids is 1. The molecule has 0 atom stereocenters. The van der Waals surface area contributed by atoms with Crippen LogP contribution in [0.5, 0.6) is 5.75 Å². The monoisotopic (exact) mass is 214 g/mol. The summed E-state index contributed by atoms with van der Waals surface area (Å²) >= 11 is 0. The van der Waals surface area contributed by atoms with Gasteiger partial charge in [-0.15, -0.1) is 0 Å². The van der Waals surface area contributed by atoms with E-state index in [1.807, 2.05) is 36.4 Å². The van der Waals surface area contributed by atoms with Crippen molar-refractivity contribution in [1.82, 2.24) is 0 Å². The lowest BCUT2D eigenvalue weighted by atomic mass is 9.97. The van der Waals surface area contributed by atoms with Crippen molar-refractivity contribution in [2.45, 2.75) is 12.8 Å². The molecule has 2 heteroatoms. The van der Waals surface area contributed by atoms with E-state index in [9.17, 15) is 4.79 Å². The minimum Gasteiger partial charge on any atom is -0.497 e. The second kappa shape index (κ2) is 4.79. The van der Waals surface area contributed by atoms with Crippen molar-refractivity contribution in [2.75, 3.05) is 7.11 Å². The van der Waals surface area contributed by atoms with Gasteiger partial charge >= 0.3 is 0 Å². The standard InChI is InChI=1S/C14H14O2/c1-16-13-8-6-11(7-9-13)10-12-4-2-3-5-14(12)15/h3,5-10H,2,4H2,1H3/b12-10+. The zero-order valence-electron chi connectivity index (χ0n) is 9.27. The number of ketones is 1. The minimum absolute atomic E-state index is 0.127. The molecule has 1 aromatic rings. The Labute approximate surface area is 95.2 Å². The molecule has 0 spiro atoms. The van der Waals surface area contributed by atoms with Crippen LogP contribution in [0, 0.1) is 0 Å². The Hall–Kier alpha value is -1.83. The summed E-state index contributed by atoms with van der Waals surface area (Å²) in [5.74, 6) is 0.957. The van der Waals surface area contributed by atoms with E-state index in [0.29, 0.717) is 0 Å². The molecule has 0 aliphatic heterocycles. The van der Waals surface area contributed by atoms with Crippen LogP contribution in [0.15, 0.2) is 42.0 Å². The highest BCUT2D eigenvalue weighted by Crippen LogP contribution is 2.19. The van der Waals surface area contributed by atoms with Gasteiger partial charge in [-0.1, -0.05) is 18.2 Å². The van der Waals surface area contributed by atoms with Crippen molar-refractivity contribution < 1.29 is 9.53 Å². The summed E-state index contributed by atoms with van der Waals surface area (Å²) in [6.07, 6.45) is 7.31. The van der Waals surface area contributed by atoms with E-state index in [4.69, 9.17) is 4.74 Å². The number of rotatable bonds is 2. The third-order valence-corrected chi connectivity index (χ3v) is 2.62. The zero-order valence-corrected chi connectivity index (χ0v) is 9.27. The first-order valence-corrected chi connectivity index (χ1v) is 5.35. The molecule has 2 nitrogen and oxygen atoms in total. The Balaban J connectivity index is 2.21. The van der Waals surface area contributed by atoms with E-state index >= 15 is 0 Å². The molecule has 0 unspecified atom stereocenters. The van der Waals surface area contributed by atoms with Crippen molar-refractivity contribution in [3.8, 4) is 5.75 Å². The van der Waals surface area contributed by atoms with Crippen molar-refractivity contribution in [3.63, 3.8) is 0 Å². The van der Waals surface area contributed by atoms with E-state index in [-0.39, 0.29) is 5.78 Å². The zero-order chi connectivity index (χ0) is 11.4. The van der Waals surface area contributed by atoms with Gasteiger partial charge in [-0.3, -0.25) is 4.79 Å². The molecule has 0 aromatic heterocycles. The molecular weight excluding hydrogens is 200 g/mol. The average Bonchev–Trinajstić information content (AvgIpc) is 2.33. The number of benzene rings is 1. The molecule has 82 valence electrons. The molecule has 1 aliphatic carbocycles. The summed E-state index contributed by atoms with van der Waals surface area (Å²) in [5.41, 5.74) is 1.92. The van der Waals surface area contributed by atoms with E-state index in [1.165, 1.54) is 0 Å². The number of hydrogen-bond donors (Lipinski definition) is 0. The van der Waals surface area contributed by atoms with Crippen LogP contribution < -0.4 is 4.74 Å². The molecule has 1 aromatic carbocycles. The number of hydrogen-bond acceptors (Lipinski definition) is 2. The third-order valence-electron chi connectivity index (χ3n) is 2.62. The second-order valence-electron chi connectivity index (χ2n) is 3.75. The largest absolute Gasteiger partial charge is 0.497 e. The van der Waals surface area contributed by atoms with E-state index < -0.39 is 0 Å². The molecule has 0 N–H and O–H groups in total. The average molecular weight is 214 g/mol. The number of methoxy groups -OCH3 is 1. The van der Waals surface area contributed by atoms with Crippen LogP contribution in [0.25, 0.3) is 6.08 Å². The highest BCUT2D eigenvalue weighted by atomic mass is 16.5. The SMILES string of the molecule is COc1ccc(/C=C2\CCC=CC2=O)cc1. The lowest BCUT2D eigenvalue weighted by Gasteiger charge is -2.07. The maximum atomic E-state index is 11.5. The lowest BCUT2D eigenvalue weighted by molar-refractivity contribution is -0.111. The van der Waals surface area contributed by atoms with Crippen LogP contribution in [0.3, 0.4) is 0 Å². The Morgan fingerprint density at radius 3 is 2.62 bits per heavy atom. The molecule has 0 saturated heterocycles. The molecule has 0 amide bonds. The maximum Gasteiger partial charge on any atom is 0.181 e. The van der Waals surface area contributed by atoms with E-state index in [1.54, 1.807) is 13.2 Å². The second-order valence-corrected chi connectivity index (χ2v) is 3.75. The Morgan fingerprint density at radius 1 is 1.25 bits per heavy atom. The maximum absolute atomic E-state index is 11.5. The van der Waals surface area contributed by atoms with Crippen molar-refractivity contribution in [1.29, 1.82) is 0 Å². The fraction of sp³-hybridized carbons (Fsp3) is 0.214. The Bertz CT molecular complexity index is 438. The molecule has 0 saturated carbocycles. The highest BCUT2D eigenvalue weighted by Gasteiger charge is 2.09. The van der Waals surface area contributed by atoms with Gasteiger partial charge in [-0.25, -0.2) is 0 Å². The molecule has 16 heavy (non-hydrogen) atoms. The smallest absolute Gasteiger partial charge is 0.181 e. The van der Waals surface area contributed by atoms with Gasteiger partial charge in [0.05, 0.1) is 7.11 Å². The van der Waals surface area contributed by atoms with Gasteiger partial charge in [0.25, 0.3) is 0 Å². The summed E-state index contributed by atoms with van der Waals surface area (Å²) in [6.45, 7) is 0. The van der Waals surface area contributed by atoms with Gasteiger partial charge in [-0.2, -0.15) is 0 Å². The first-order valence-electron chi connectivity index (χ1n) is 5.35. The molecule has 0 radical (unpaired) electrons.